The van der Waals surface area contributed by atoms with Crippen molar-refractivity contribution in [3.63, 3.8) is 0 Å². The highest BCUT2D eigenvalue weighted by Gasteiger charge is 2.22. The van der Waals surface area contributed by atoms with Crippen molar-refractivity contribution < 1.29 is 14.0 Å². The van der Waals surface area contributed by atoms with Gasteiger partial charge < -0.3 is 15.1 Å². The summed E-state index contributed by atoms with van der Waals surface area (Å²) in [5.74, 6) is -0.879. The number of carbonyl (C=O) groups excluding carboxylic acids is 2. The van der Waals surface area contributed by atoms with Gasteiger partial charge in [-0.3, -0.25) is 19.0 Å². The van der Waals surface area contributed by atoms with Gasteiger partial charge in [0.05, 0.1) is 18.3 Å². The van der Waals surface area contributed by atoms with E-state index in [1.807, 2.05) is 13.8 Å². The zero-order valence-electron chi connectivity index (χ0n) is 17.9. The molecule has 0 bridgehead atoms. The molecular weight excluding hydrogens is 433 g/mol. The molecule has 1 saturated heterocycles. The van der Waals surface area contributed by atoms with Crippen LogP contribution in [0.25, 0.3) is 10.2 Å². The van der Waals surface area contributed by atoms with Crippen LogP contribution in [-0.4, -0.2) is 59.0 Å². The standard InChI is InChI=1S/C22H24FN5O3S/c1-14-15(2)32-21-20(14)22(31)28(13-25-21)12-18(29)24-11-19(30)27-9-7-26(8-10-27)17-5-3-16(23)4-6-17/h3-6,13H,7-12H2,1-2H3,(H,24,29). The molecule has 2 amide bonds. The van der Waals surface area contributed by atoms with E-state index in [1.165, 1.54) is 34.4 Å². The van der Waals surface area contributed by atoms with Crippen LogP contribution in [0.15, 0.2) is 35.4 Å². The lowest BCUT2D eigenvalue weighted by molar-refractivity contribution is -0.133. The number of thiophene rings is 1. The van der Waals surface area contributed by atoms with Gasteiger partial charge in [-0.1, -0.05) is 0 Å². The lowest BCUT2D eigenvalue weighted by Crippen LogP contribution is -2.51. The number of rotatable bonds is 5. The fourth-order valence-corrected chi connectivity index (χ4v) is 4.73. The van der Waals surface area contributed by atoms with E-state index in [2.05, 4.69) is 15.2 Å². The predicted octanol–water partition coefficient (Wildman–Crippen LogP) is 1.68. The molecule has 32 heavy (non-hydrogen) atoms. The Hall–Kier alpha value is -3.27. The van der Waals surface area contributed by atoms with Gasteiger partial charge >= 0.3 is 0 Å². The first kappa shape index (κ1) is 21.9. The Bertz CT molecular complexity index is 1210. The number of fused-ring (bicyclic) bond motifs is 1. The molecule has 0 atom stereocenters. The topological polar surface area (TPSA) is 87.5 Å². The highest BCUT2D eigenvalue weighted by atomic mass is 32.1. The van der Waals surface area contributed by atoms with Crippen molar-refractivity contribution in [3.05, 3.63) is 57.2 Å². The summed E-state index contributed by atoms with van der Waals surface area (Å²) in [5, 5.41) is 3.14. The summed E-state index contributed by atoms with van der Waals surface area (Å²) in [6.07, 6.45) is 1.37. The minimum absolute atomic E-state index is 0.129. The Morgan fingerprint density at radius 2 is 1.81 bits per heavy atom. The first-order valence-corrected chi connectivity index (χ1v) is 11.2. The van der Waals surface area contributed by atoms with Crippen LogP contribution in [-0.2, 0) is 16.1 Å². The first-order chi connectivity index (χ1) is 15.3. The van der Waals surface area contributed by atoms with Crippen LogP contribution in [0, 0.1) is 19.7 Å². The second kappa shape index (κ2) is 9.07. The van der Waals surface area contributed by atoms with Crippen LogP contribution in [0.5, 0.6) is 0 Å². The van der Waals surface area contributed by atoms with Crippen LogP contribution in [0.2, 0.25) is 0 Å². The summed E-state index contributed by atoms with van der Waals surface area (Å²) in [6, 6.07) is 6.28. The number of anilines is 1. The number of hydrogen-bond acceptors (Lipinski definition) is 6. The molecule has 1 aliphatic heterocycles. The van der Waals surface area contributed by atoms with E-state index in [4.69, 9.17) is 0 Å². The number of nitrogens with one attached hydrogen (secondary N) is 1. The van der Waals surface area contributed by atoms with E-state index in [0.29, 0.717) is 36.4 Å². The maximum atomic E-state index is 13.1. The molecule has 3 aromatic rings. The van der Waals surface area contributed by atoms with Crippen LogP contribution in [0.3, 0.4) is 0 Å². The Balaban J connectivity index is 1.29. The quantitative estimate of drug-likeness (QED) is 0.630. The third-order valence-electron chi connectivity index (χ3n) is 5.73. The number of nitrogens with zero attached hydrogens (tertiary/aromatic N) is 4. The van der Waals surface area contributed by atoms with Gasteiger partial charge in [0.1, 0.15) is 17.2 Å². The molecule has 0 aliphatic carbocycles. The Morgan fingerprint density at radius 3 is 2.50 bits per heavy atom. The van der Waals surface area contributed by atoms with Crippen molar-refractivity contribution in [1.29, 1.82) is 0 Å². The van der Waals surface area contributed by atoms with Crippen molar-refractivity contribution >= 4 is 39.1 Å². The molecule has 4 rings (SSSR count). The molecule has 2 aromatic heterocycles. The maximum Gasteiger partial charge on any atom is 0.262 e. The molecule has 168 valence electrons. The zero-order valence-corrected chi connectivity index (χ0v) is 18.7. The summed E-state index contributed by atoms with van der Waals surface area (Å²) >= 11 is 1.45. The highest BCUT2D eigenvalue weighted by Crippen LogP contribution is 2.25. The lowest BCUT2D eigenvalue weighted by atomic mass is 10.2. The van der Waals surface area contributed by atoms with E-state index in [1.54, 1.807) is 17.0 Å². The van der Waals surface area contributed by atoms with E-state index in [9.17, 15) is 18.8 Å². The highest BCUT2D eigenvalue weighted by molar-refractivity contribution is 7.18. The Labute approximate surface area is 188 Å². The minimum atomic E-state index is -0.420. The van der Waals surface area contributed by atoms with E-state index >= 15 is 0 Å². The summed E-state index contributed by atoms with van der Waals surface area (Å²) in [7, 11) is 0. The molecule has 3 heterocycles. The van der Waals surface area contributed by atoms with E-state index in [0.717, 1.165) is 16.1 Å². The molecular formula is C22H24FN5O3S. The van der Waals surface area contributed by atoms with Crippen LogP contribution < -0.4 is 15.8 Å². The summed E-state index contributed by atoms with van der Waals surface area (Å²) < 4.78 is 14.4. The van der Waals surface area contributed by atoms with Crippen molar-refractivity contribution in [2.75, 3.05) is 37.6 Å². The molecule has 8 nitrogen and oxygen atoms in total. The average Bonchev–Trinajstić information content (AvgIpc) is 3.09. The maximum absolute atomic E-state index is 13.1. The molecule has 1 aliphatic rings. The molecule has 1 N–H and O–H groups in total. The number of aromatic nitrogens is 2. The van der Waals surface area contributed by atoms with Gasteiger partial charge in [0, 0.05) is 36.7 Å². The summed E-state index contributed by atoms with van der Waals surface area (Å²) in [4.78, 5) is 47.3. The van der Waals surface area contributed by atoms with Crippen LogP contribution in [0.4, 0.5) is 10.1 Å². The van der Waals surface area contributed by atoms with Gasteiger partial charge in [0.25, 0.3) is 5.56 Å². The molecule has 0 saturated carbocycles. The van der Waals surface area contributed by atoms with Crippen LogP contribution >= 0.6 is 11.3 Å². The van der Waals surface area contributed by atoms with Crippen LogP contribution in [0.1, 0.15) is 10.4 Å². The smallest absolute Gasteiger partial charge is 0.262 e. The number of benzene rings is 1. The second-order valence-electron chi connectivity index (χ2n) is 7.76. The monoisotopic (exact) mass is 457 g/mol. The van der Waals surface area contributed by atoms with Crippen molar-refractivity contribution in [1.82, 2.24) is 19.8 Å². The Morgan fingerprint density at radius 1 is 1.12 bits per heavy atom. The number of aryl methyl sites for hydroxylation is 2. The molecule has 1 aromatic carbocycles. The molecule has 0 spiro atoms. The van der Waals surface area contributed by atoms with Crippen molar-refractivity contribution in [3.8, 4) is 0 Å². The van der Waals surface area contributed by atoms with E-state index in [-0.39, 0.29) is 30.4 Å². The van der Waals surface area contributed by atoms with Gasteiger partial charge in [-0.2, -0.15) is 0 Å². The van der Waals surface area contributed by atoms with Crippen molar-refractivity contribution in [2.45, 2.75) is 20.4 Å². The molecule has 10 heteroatoms. The zero-order chi connectivity index (χ0) is 22.8. The third-order valence-corrected chi connectivity index (χ3v) is 6.85. The predicted molar refractivity (Wildman–Crippen MR) is 122 cm³/mol. The average molecular weight is 458 g/mol. The largest absolute Gasteiger partial charge is 0.368 e. The minimum Gasteiger partial charge on any atom is -0.368 e. The van der Waals surface area contributed by atoms with Gasteiger partial charge in [0.2, 0.25) is 11.8 Å². The van der Waals surface area contributed by atoms with Crippen molar-refractivity contribution in [2.24, 2.45) is 0 Å². The van der Waals surface area contributed by atoms with Gasteiger partial charge in [-0.15, -0.1) is 11.3 Å². The number of amides is 2. The summed E-state index contributed by atoms with van der Waals surface area (Å²) in [6.45, 7) is 5.78. The number of carbonyl (C=O) groups is 2. The van der Waals surface area contributed by atoms with Gasteiger partial charge in [0.15, 0.2) is 0 Å². The third kappa shape index (κ3) is 4.50. The molecule has 1 fully saturated rings. The van der Waals surface area contributed by atoms with Gasteiger partial charge in [-0.25, -0.2) is 9.37 Å². The van der Waals surface area contributed by atoms with E-state index < -0.39 is 5.91 Å². The number of halogens is 1. The number of hydrogen-bond donors (Lipinski definition) is 1. The fraction of sp³-hybridized carbons (Fsp3) is 0.364. The Kier molecular flexibility index (Phi) is 6.22. The van der Waals surface area contributed by atoms with Gasteiger partial charge in [-0.05, 0) is 43.7 Å². The SMILES string of the molecule is Cc1sc2ncn(CC(=O)NCC(=O)N3CCN(c4ccc(F)cc4)CC3)c(=O)c2c1C. The summed E-state index contributed by atoms with van der Waals surface area (Å²) in [5.41, 5.74) is 1.54. The molecule has 0 radical (unpaired) electrons. The second-order valence-corrected chi connectivity index (χ2v) is 8.97. The lowest BCUT2D eigenvalue weighted by Gasteiger charge is -2.36. The fourth-order valence-electron chi connectivity index (χ4n) is 3.75. The molecule has 0 unspecified atom stereocenters. The number of piperazine rings is 1. The normalized spacial score (nSPS) is 14.1. The first-order valence-electron chi connectivity index (χ1n) is 10.3.